The van der Waals surface area contributed by atoms with Crippen molar-refractivity contribution in [1.82, 2.24) is 24.6 Å². The standard InChI is InChI=1S/C17H22ClN5O3S/c1-12-16(20-21-23(12)14-8-5-6-13(18)10-14)17(24)22-9-4-3-7-15(22)11-19-27(2,25)26/h5-6,8,10,15,19H,3-4,7,9,11H2,1-2H3. The van der Waals surface area contributed by atoms with Gasteiger partial charge in [0.2, 0.25) is 10.0 Å². The predicted octanol–water partition coefficient (Wildman–Crippen LogP) is 1.77. The number of piperidine rings is 1. The summed E-state index contributed by atoms with van der Waals surface area (Å²) in [5, 5.41) is 8.75. The molecular weight excluding hydrogens is 390 g/mol. The normalized spacial score (nSPS) is 17.9. The van der Waals surface area contributed by atoms with Gasteiger partial charge in [0, 0.05) is 24.2 Å². The minimum Gasteiger partial charge on any atom is -0.333 e. The number of nitrogens with zero attached hydrogens (tertiary/aromatic N) is 4. The fourth-order valence-corrected chi connectivity index (χ4v) is 3.92. The number of sulfonamides is 1. The Morgan fingerprint density at radius 2 is 2.15 bits per heavy atom. The Morgan fingerprint density at radius 1 is 1.37 bits per heavy atom. The fraction of sp³-hybridized carbons (Fsp3) is 0.471. The lowest BCUT2D eigenvalue weighted by Gasteiger charge is -2.35. The van der Waals surface area contributed by atoms with E-state index >= 15 is 0 Å². The van der Waals surface area contributed by atoms with Gasteiger partial charge in [-0.1, -0.05) is 22.9 Å². The van der Waals surface area contributed by atoms with Crippen molar-refractivity contribution >= 4 is 27.5 Å². The Morgan fingerprint density at radius 3 is 2.85 bits per heavy atom. The smallest absolute Gasteiger partial charge is 0.276 e. The van der Waals surface area contributed by atoms with E-state index in [0.29, 0.717) is 17.3 Å². The second kappa shape index (κ2) is 7.95. The molecule has 1 aliphatic heterocycles. The van der Waals surface area contributed by atoms with E-state index in [0.717, 1.165) is 31.2 Å². The molecule has 10 heteroatoms. The third kappa shape index (κ3) is 4.66. The van der Waals surface area contributed by atoms with Gasteiger partial charge >= 0.3 is 0 Å². The maximum Gasteiger partial charge on any atom is 0.276 e. The number of hydrogen-bond donors (Lipinski definition) is 1. The first kappa shape index (κ1) is 19.8. The number of hydrogen-bond acceptors (Lipinski definition) is 5. The van der Waals surface area contributed by atoms with Crippen LogP contribution in [0, 0.1) is 6.92 Å². The number of halogens is 1. The molecule has 1 amide bonds. The van der Waals surface area contributed by atoms with E-state index in [9.17, 15) is 13.2 Å². The maximum absolute atomic E-state index is 13.1. The van der Waals surface area contributed by atoms with E-state index in [-0.39, 0.29) is 24.2 Å². The lowest BCUT2D eigenvalue weighted by Crippen LogP contribution is -2.49. The van der Waals surface area contributed by atoms with Gasteiger partial charge in [-0.3, -0.25) is 4.79 Å². The molecule has 1 N–H and O–H groups in total. The second-order valence-electron chi connectivity index (χ2n) is 6.68. The van der Waals surface area contributed by atoms with Crippen LogP contribution in [0.5, 0.6) is 0 Å². The number of benzene rings is 1. The zero-order chi connectivity index (χ0) is 19.6. The van der Waals surface area contributed by atoms with E-state index < -0.39 is 10.0 Å². The van der Waals surface area contributed by atoms with Crippen LogP contribution >= 0.6 is 11.6 Å². The van der Waals surface area contributed by atoms with Crippen LogP contribution in [0.25, 0.3) is 5.69 Å². The highest BCUT2D eigenvalue weighted by molar-refractivity contribution is 7.88. The average Bonchev–Trinajstić information content (AvgIpc) is 3.00. The van der Waals surface area contributed by atoms with E-state index in [1.807, 2.05) is 6.07 Å². The molecule has 3 rings (SSSR count). The Labute approximate surface area is 163 Å². The number of carbonyl (C=O) groups is 1. The van der Waals surface area contributed by atoms with Crippen molar-refractivity contribution in [3.8, 4) is 5.69 Å². The average molecular weight is 412 g/mol. The first-order valence-corrected chi connectivity index (χ1v) is 11.0. The van der Waals surface area contributed by atoms with Gasteiger partial charge in [0.1, 0.15) is 0 Å². The highest BCUT2D eigenvalue weighted by atomic mass is 35.5. The topological polar surface area (TPSA) is 97.2 Å². The highest BCUT2D eigenvalue weighted by Crippen LogP contribution is 2.22. The lowest BCUT2D eigenvalue weighted by atomic mass is 10.0. The molecule has 1 aliphatic rings. The van der Waals surface area contributed by atoms with E-state index in [1.54, 1.807) is 34.7 Å². The molecule has 2 aromatic rings. The van der Waals surface area contributed by atoms with Crippen LogP contribution in [0.4, 0.5) is 0 Å². The molecule has 0 saturated carbocycles. The summed E-state index contributed by atoms with van der Waals surface area (Å²) in [4.78, 5) is 14.8. The number of rotatable bonds is 5. The molecule has 8 nitrogen and oxygen atoms in total. The molecule has 0 radical (unpaired) electrons. The molecule has 1 unspecified atom stereocenters. The van der Waals surface area contributed by atoms with Crippen LogP contribution in [0.15, 0.2) is 24.3 Å². The predicted molar refractivity (Wildman–Crippen MR) is 103 cm³/mol. The van der Waals surface area contributed by atoms with Crippen molar-refractivity contribution < 1.29 is 13.2 Å². The van der Waals surface area contributed by atoms with E-state index in [2.05, 4.69) is 15.0 Å². The van der Waals surface area contributed by atoms with Crippen molar-refractivity contribution in [2.45, 2.75) is 32.2 Å². The Hall–Kier alpha value is -1.97. The summed E-state index contributed by atoms with van der Waals surface area (Å²) in [6, 6.07) is 6.95. The first-order valence-electron chi connectivity index (χ1n) is 8.70. The van der Waals surface area contributed by atoms with Crippen molar-refractivity contribution in [3.63, 3.8) is 0 Å². The lowest BCUT2D eigenvalue weighted by molar-refractivity contribution is 0.0612. The summed E-state index contributed by atoms with van der Waals surface area (Å²) in [5.41, 5.74) is 1.60. The van der Waals surface area contributed by atoms with Crippen molar-refractivity contribution in [3.05, 3.63) is 40.7 Å². The third-order valence-electron chi connectivity index (χ3n) is 4.62. The fourth-order valence-electron chi connectivity index (χ4n) is 3.24. The summed E-state index contributed by atoms with van der Waals surface area (Å²) < 4.78 is 26.9. The Balaban J connectivity index is 1.84. The van der Waals surface area contributed by atoms with Crippen molar-refractivity contribution in [2.75, 3.05) is 19.3 Å². The molecular formula is C17H22ClN5O3S. The summed E-state index contributed by atoms with van der Waals surface area (Å²) in [6.07, 6.45) is 3.69. The van der Waals surface area contributed by atoms with Crippen molar-refractivity contribution in [2.24, 2.45) is 0 Å². The summed E-state index contributed by atoms with van der Waals surface area (Å²) in [7, 11) is -3.31. The SMILES string of the molecule is Cc1c(C(=O)N2CCCCC2CNS(C)(=O)=O)nnn1-c1cccc(Cl)c1. The van der Waals surface area contributed by atoms with Crippen LogP contribution in [0.3, 0.4) is 0 Å². The van der Waals surface area contributed by atoms with Crippen LogP contribution in [0.2, 0.25) is 5.02 Å². The largest absolute Gasteiger partial charge is 0.333 e. The first-order chi connectivity index (χ1) is 12.8. The van der Waals surface area contributed by atoms with Crippen LogP contribution in [-0.4, -0.2) is 59.6 Å². The minimum absolute atomic E-state index is 0.198. The summed E-state index contributed by atoms with van der Waals surface area (Å²) in [5.74, 6) is -0.235. The monoisotopic (exact) mass is 411 g/mol. The van der Waals surface area contributed by atoms with Crippen LogP contribution in [-0.2, 0) is 10.0 Å². The van der Waals surface area contributed by atoms with Gasteiger partial charge < -0.3 is 4.90 Å². The second-order valence-corrected chi connectivity index (χ2v) is 8.95. The van der Waals surface area contributed by atoms with E-state index in [1.165, 1.54) is 0 Å². The Bertz CT molecular complexity index is 944. The molecule has 146 valence electrons. The zero-order valence-corrected chi connectivity index (χ0v) is 16.8. The van der Waals surface area contributed by atoms with Gasteiger partial charge in [-0.2, -0.15) is 0 Å². The van der Waals surface area contributed by atoms with Gasteiger partial charge in [-0.25, -0.2) is 17.8 Å². The van der Waals surface area contributed by atoms with Gasteiger partial charge in [-0.05, 0) is 44.4 Å². The Kier molecular flexibility index (Phi) is 5.83. The van der Waals surface area contributed by atoms with Gasteiger partial charge in [-0.15, -0.1) is 5.10 Å². The molecule has 0 spiro atoms. The number of aromatic nitrogens is 3. The summed E-state index contributed by atoms with van der Waals surface area (Å²) in [6.45, 7) is 2.55. The van der Waals surface area contributed by atoms with Crippen LogP contribution < -0.4 is 4.72 Å². The molecule has 1 aromatic carbocycles. The van der Waals surface area contributed by atoms with Gasteiger partial charge in [0.25, 0.3) is 5.91 Å². The number of carbonyl (C=O) groups excluding carboxylic acids is 1. The quantitative estimate of drug-likeness (QED) is 0.808. The third-order valence-corrected chi connectivity index (χ3v) is 5.55. The minimum atomic E-state index is -3.31. The molecule has 1 atom stereocenters. The molecule has 1 saturated heterocycles. The summed E-state index contributed by atoms with van der Waals surface area (Å²) >= 11 is 6.04. The molecule has 0 bridgehead atoms. The number of likely N-dealkylation sites (tertiary alicyclic amines) is 1. The molecule has 2 heterocycles. The van der Waals surface area contributed by atoms with Crippen LogP contribution in [0.1, 0.15) is 35.4 Å². The molecule has 1 aromatic heterocycles. The number of nitrogens with one attached hydrogen (secondary N) is 1. The van der Waals surface area contributed by atoms with Crippen molar-refractivity contribution in [1.29, 1.82) is 0 Å². The van der Waals surface area contributed by atoms with E-state index in [4.69, 9.17) is 11.6 Å². The number of amides is 1. The molecule has 0 aliphatic carbocycles. The highest BCUT2D eigenvalue weighted by Gasteiger charge is 2.31. The maximum atomic E-state index is 13.1. The van der Waals surface area contributed by atoms with Gasteiger partial charge in [0.15, 0.2) is 5.69 Å². The molecule has 27 heavy (non-hydrogen) atoms. The molecule has 1 fully saturated rings. The van der Waals surface area contributed by atoms with Gasteiger partial charge in [0.05, 0.1) is 17.6 Å². The zero-order valence-electron chi connectivity index (χ0n) is 15.2.